The van der Waals surface area contributed by atoms with E-state index in [-0.39, 0.29) is 0 Å². The van der Waals surface area contributed by atoms with E-state index in [0.29, 0.717) is 106 Å². The van der Waals surface area contributed by atoms with Crippen molar-refractivity contribution in [2.75, 3.05) is 119 Å². The lowest BCUT2D eigenvalue weighted by Crippen LogP contribution is -2.15. The Morgan fingerprint density at radius 3 is 0.436 bits per heavy atom. The molecule has 0 saturated carbocycles. The molecule has 332 valence electrons. The minimum absolute atomic E-state index is 0.544. The molecular weight excluding hydrogens is 696 g/mol. The molecular formula is C46H94O9. The van der Waals surface area contributed by atoms with E-state index in [1.54, 1.807) is 0 Å². The molecule has 0 atom stereocenters. The zero-order valence-corrected chi connectivity index (χ0v) is 36.8. The van der Waals surface area contributed by atoms with E-state index in [9.17, 15) is 0 Å². The normalized spacial score (nSPS) is 11.7. The van der Waals surface area contributed by atoms with E-state index < -0.39 is 0 Å². The molecule has 0 N–H and O–H groups in total. The Morgan fingerprint density at radius 2 is 0.273 bits per heavy atom. The summed E-state index contributed by atoms with van der Waals surface area (Å²) in [5, 5.41) is 0. The second-order valence-corrected chi connectivity index (χ2v) is 15.0. The van der Waals surface area contributed by atoms with Gasteiger partial charge >= 0.3 is 0 Å². The predicted octanol–water partition coefficient (Wildman–Crippen LogP) is 11.3. The van der Waals surface area contributed by atoms with E-state index in [1.165, 1.54) is 154 Å². The highest BCUT2D eigenvalue weighted by molar-refractivity contribution is 4.51. The summed E-state index contributed by atoms with van der Waals surface area (Å²) in [5.74, 6) is 0. The molecule has 0 fully saturated rings. The van der Waals surface area contributed by atoms with Crippen molar-refractivity contribution >= 4 is 0 Å². The minimum atomic E-state index is 0.544. The number of ether oxygens (including phenoxy) is 9. The van der Waals surface area contributed by atoms with Crippen LogP contribution in [0.5, 0.6) is 0 Å². The van der Waals surface area contributed by atoms with Crippen LogP contribution >= 0.6 is 0 Å². The van der Waals surface area contributed by atoms with Crippen molar-refractivity contribution in [1.29, 1.82) is 0 Å². The third-order valence-electron chi connectivity index (χ3n) is 9.76. The van der Waals surface area contributed by atoms with Crippen LogP contribution < -0.4 is 0 Å². The van der Waals surface area contributed by atoms with Crippen LogP contribution in [0.4, 0.5) is 0 Å². The van der Waals surface area contributed by atoms with Crippen molar-refractivity contribution in [2.45, 2.75) is 181 Å². The first-order chi connectivity index (χ1) is 27.4. The molecule has 0 radical (unpaired) electrons. The Balaban J connectivity index is 3.05. The summed E-state index contributed by atoms with van der Waals surface area (Å²) in [6.45, 7) is 15.5. The third-order valence-corrected chi connectivity index (χ3v) is 9.76. The molecule has 0 bridgehead atoms. The highest BCUT2D eigenvalue weighted by Crippen LogP contribution is 2.14. The SMILES string of the molecule is CCCCCCCCCCCCCCCCCCOCCOCCOCCOCCOCCOCCOCCOCCOCCCCCCCCCCCC. The van der Waals surface area contributed by atoms with Gasteiger partial charge in [-0.05, 0) is 12.8 Å². The summed E-state index contributed by atoms with van der Waals surface area (Å²) >= 11 is 0. The highest BCUT2D eigenvalue weighted by Gasteiger charge is 1.98. The number of unbranched alkanes of at least 4 members (excludes halogenated alkanes) is 24. The molecule has 55 heavy (non-hydrogen) atoms. The van der Waals surface area contributed by atoms with Crippen LogP contribution in [-0.4, -0.2) is 119 Å². The van der Waals surface area contributed by atoms with Crippen LogP contribution in [0.15, 0.2) is 0 Å². The second-order valence-electron chi connectivity index (χ2n) is 15.0. The molecule has 0 aromatic rings. The summed E-state index contributed by atoms with van der Waals surface area (Å²) in [4.78, 5) is 0. The zero-order valence-electron chi connectivity index (χ0n) is 36.8. The molecule has 0 heterocycles. The standard InChI is InChI=1S/C46H94O9/c1-3-5-7-9-11-13-15-16-17-18-19-20-22-24-26-28-30-48-32-34-50-36-38-52-40-42-54-44-46-55-45-43-53-41-39-51-37-35-49-33-31-47-29-27-25-23-21-14-12-10-8-6-4-2/h3-46H2,1-2H3. The van der Waals surface area contributed by atoms with Crippen LogP contribution in [-0.2, 0) is 42.6 Å². The first-order valence-corrected chi connectivity index (χ1v) is 23.6. The van der Waals surface area contributed by atoms with Gasteiger partial charge in [0.25, 0.3) is 0 Å². The van der Waals surface area contributed by atoms with Gasteiger partial charge in [0.2, 0.25) is 0 Å². The number of hydrogen-bond donors (Lipinski definition) is 0. The lowest BCUT2D eigenvalue weighted by atomic mass is 10.0. The van der Waals surface area contributed by atoms with Gasteiger partial charge in [0.05, 0.1) is 106 Å². The van der Waals surface area contributed by atoms with Crippen LogP contribution in [0.3, 0.4) is 0 Å². The van der Waals surface area contributed by atoms with Crippen LogP contribution in [0, 0.1) is 0 Å². The van der Waals surface area contributed by atoms with Crippen molar-refractivity contribution < 1.29 is 42.6 Å². The summed E-state index contributed by atoms with van der Waals surface area (Å²) in [7, 11) is 0. The van der Waals surface area contributed by atoms with Crippen molar-refractivity contribution in [1.82, 2.24) is 0 Å². The first-order valence-electron chi connectivity index (χ1n) is 23.6. The van der Waals surface area contributed by atoms with Crippen LogP contribution in [0.25, 0.3) is 0 Å². The quantitative estimate of drug-likeness (QED) is 0.0559. The van der Waals surface area contributed by atoms with E-state index in [0.717, 1.165) is 26.1 Å². The van der Waals surface area contributed by atoms with Gasteiger partial charge in [0.15, 0.2) is 0 Å². The minimum Gasteiger partial charge on any atom is -0.379 e. The van der Waals surface area contributed by atoms with E-state index in [4.69, 9.17) is 42.6 Å². The molecule has 0 rings (SSSR count). The fourth-order valence-electron chi connectivity index (χ4n) is 6.31. The van der Waals surface area contributed by atoms with Gasteiger partial charge in [-0.2, -0.15) is 0 Å². The summed E-state index contributed by atoms with van der Waals surface area (Å²) < 4.78 is 50.3. The van der Waals surface area contributed by atoms with Crippen molar-refractivity contribution in [3.8, 4) is 0 Å². The first kappa shape index (κ1) is 54.6. The maximum atomic E-state index is 5.70. The molecule has 0 aliphatic heterocycles. The number of hydrogen-bond acceptors (Lipinski definition) is 9. The molecule has 0 saturated heterocycles. The Kier molecular flexibility index (Phi) is 53.3. The van der Waals surface area contributed by atoms with Crippen molar-refractivity contribution in [3.63, 3.8) is 0 Å². The van der Waals surface area contributed by atoms with Gasteiger partial charge in [-0.15, -0.1) is 0 Å². The Hall–Kier alpha value is -0.360. The second kappa shape index (κ2) is 53.6. The lowest BCUT2D eigenvalue weighted by molar-refractivity contribution is -0.0250. The Bertz CT molecular complexity index is 591. The smallest absolute Gasteiger partial charge is 0.0701 e. The molecule has 9 heteroatoms. The molecule has 0 spiro atoms. The van der Waals surface area contributed by atoms with Gasteiger partial charge in [-0.3, -0.25) is 0 Å². The van der Waals surface area contributed by atoms with Gasteiger partial charge in [-0.1, -0.05) is 168 Å². The third kappa shape index (κ3) is 53.6. The predicted molar refractivity (Wildman–Crippen MR) is 229 cm³/mol. The maximum absolute atomic E-state index is 5.70. The van der Waals surface area contributed by atoms with Crippen LogP contribution in [0.2, 0.25) is 0 Å². The average molecular weight is 791 g/mol. The monoisotopic (exact) mass is 791 g/mol. The zero-order chi connectivity index (χ0) is 39.5. The number of rotatable bonds is 52. The van der Waals surface area contributed by atoms with Crippen molar-refractivity contribution in [2.24, 2.45) is 0 Å². The maximum Gasteiger partial charge on any atom is 0.0701 e. The molecule has 0 aliphatic rings. The van der Waals surface area contributed by atoms with Gasteiger partial charge in [-0.25, -0.2) is 0 Å². The molecule has 0 amide bonds. The fraction of sp³-hybridized carbons (Fsp3) is 1.00. The largest absolute Gasteiger partial charge is 0.379 e. The molecule has 0 aromatic heterocycles. The molecule has 9 nitrogen and oxygen atoms in total. The lowest BCUT2D eigenvalue weighted by Gasteiger charge is -2.09. The van der Waals surface area contributed by atoms with Gasteiger partial charge in [0, 0.05) is 13.2 Å². The fourth-order valence-corrected chi connectivity index (χ4v) is 6.31. The Labute approximate surface area is 341 Å². The van der Waals surface area contributed by atoms with Gasteiger partial charge < -0.3 is 42.6 Å². The van der Waals surface area contributed by atoms with E-state index in [1.807, 2.05) is 0 Å². The Morgan fingerprint density at radius 1 is 0.145 bits per heavy atom. The summed E-state index contributed by atoms with van der Waals surface area (Å²) in [6, 6.07) is 0. The average Bonchev–Trinajstić information content (AvgIpc) is 3.20. The van der Waals surface area contributed by atoms with E-state index >= 15 is 0 Å². The highest BCUT2D eigenvalue weighted by atomic mass is 16.6. The van der Waals surface area contributed by atoms with Crippen LogP contribution in [0.1, 0.15) is 181 Å². The topological polar surface area (TPSA) is 83.1 Å². The molecule has 0 aromatic carbocycles. The summed E-state index contributed by atoms with van der Waals surface area (Å²) in [5.41, 5.74) is 0. The van der Waals surface area contributed by atoms with Gasteiger partial charge in [0.1, 0.15) is 0 Å². The van der Waals surface area contributed by atoms with Crippen molar-refractivity contribution in [3.05, 3.63) is 0 Å². The molecule has 0 aliphatic carbocycles. The van der Waals surface area contributed by atoms with E-state index in [2.05, 4.69) is 13.8 Å². The summed E-state index contributed by atoms with van der Waals surface area (Å²) in [6.07, 6.45) is 35.7. The molecule has 0 unspecified atom stereocenters.